The summed E-state index contributed by atoms with van der Waals surface area (Å²) in [6, 6.07) is 7.20. The SMILES string of the molecule is COc1cc(CNC(=O)Nc2cccc(Cl)c2F)cc(OC)c1OC. The van der Waals surface area contributed by atoms with Crippen LogP contribution in [0.15, 0.2) is 30.3 Å². The van der Waals surface area contributed by atoms with E-state index in [9.17, 15) is 9.18 Å². The molecule has 0 aliphatic heterocycles. The molecule has 6 nitrogen and oxygen atoms in total. The topological polar surface area (TPSA) is 68.8 Å². The lowest BCUT2D eigenvalue weighted by Crippen LogP contribution is -2.28. The van der Waals surface area contributed by atoms with E-state index in [-0.39, 0.29) is 17.3 Å². The van der Waals surface area contributed by atoms with Crippen LogP contribution in [0.25, 0.3) is 0 Å². The molecule has 0 spiro atoms. The number of rotatable bonds is 6. The molecule has 0 saturated heterocycles. The molecule has 2 amide bonds. The van der Waals surface area contributed by atoms with Crippen molar-refractivity contribution >= 4 is 23.3 Å². The average Bonchev–Trinajstić information content (AvgIpc) is 2.62. The minimum Gasteiger partial charge on any atom is -0.493 e. The summed E-state index contributed by atoms with van der Waals surface area (Å²) < 4.78 is 29.5. The number of benzene rings is 2. The number of nitrogens with one attached hydrogen (secondary N) is 2. The summed E-state index contributed by atoms with van der Waals surface area (Å²) in [5.41, 5.74) is 0.714. The van der Waals surface area contributed by atoms with E-state index in [1.807, 2.05) is 0 Å². The quantitative estimate of drug-likeness (QED) is 0.813. The van der Waals surface area contributed by atoms with Gasteiger partial charge in [0.1, 0.15) is 0 Å². The molecule has 2 aromatic rings. The first-order valence-electron chi connectivity index (χ1n) is 7.28. The molecule has 0 saturated carbocycles. The van der Waals surface area contributed by atoms with E-state index in [2.05, 4.69) is 10.6 Å². The van der Waals surface area contributed by atoms with Gasteiger partial charge in [-0.2, -0.15) is 0 Å². The molecule has 0 aromatic heterocycles. The highest BCUT2D eigenvalue weighted by Crippen LogP contribution is 2.38. The Bertz CT molecular complexity index is 745. The number of carbonyl (C=O) groups is 1. The van der Waals surface area contributed by atoms with Crippen molar-refractivity contribution in [3.05, 3.63) is 46.7 Å². The largest absolute Gasteiger partial charge is 0.493 e. The molecule has 0 fully saturated rings. The van der Waals surface area contributed by atoms with Gasteiger partial charge in [0, 0.05) is 6.54 Å². The number of ether oxygens (including phenoxy) is 3. The smallest absolute Gasteiger partial charge is 0.319 e. The van der Waals surface area contributed by atoms with Crippen LogP contribution in [0.3, 0.4) is 0 Å². The Balaban J connectivity index is 2.08. The minimum atomic E-state index is -0.688. The first kappa shape index (κ1) is 18.7. The zero-order valence-corrected chi connectivity index (χ0v) is 14.7. The summed E-state index contributed by atoms with van der Waals surface area (Å²) in [5, 5.41) is 4.96. The van der Waals surface area contributed by atoms with Crippen molar-refractivity contribution in [3.8, 4) is 17.2 Å². The van der Waals surface area contributed by atoms with Gasteiger partial charge in [0.05, 0.1) is 32.0 Å². The molecule has 0 radical (unpaired) electrons. The van der Waals surface area contributed by atoms with Crippen molar-refractivity contribution in [2.45, 2.75) is 6.54 Å². The van der Waals surface area contributed by atoms with Crippen LogP contribution < -0.4 is 24.8 Å². The fourth-order valence-electron chi connectivity index (χ4n) is 2.19. The van der Waals surface area contributed by atoms with Crippen LogP contribution in [0.1, 0.15) is 5.56 Å². The van der Waals surface area contributed by atoms with Crippen LogP contribution in [0.4, 0.5) is 14.9 Å². The highest BCUT2D eigenvalue weighted by molar-refractivity contribution is 6.31. The van der Waals surface area contributed by atoms with Gasteiger partial charge < -0.3 is 24.8 Å². The second-order valence-electron chi connectivity index (χ2n) is 4.94. The van der Waals surface area contributed by atoms with E-state index in [4.69, 9.17) is 25.8 Å². The predicted octanol–water partition coefficient (Wildman–Crippen LogP) is 3.83. The monoisotopic (exact) mass is 368 g/mol. The van der Waals surface area contributed by atoms with Gasteiger partial charge in [0.2, 0.25) is 5.75 Å². The average molecular weight is 369 g/mol. The Morgan fingerprint density at radius 2 is 1.76 bits per heavy atom. The van der Waals surface area contributed by atoms with Crippen LogP contribution >= 0.6 is 11.6 Å². The molecule has 134 valence electrons. The Morgan fingerprint density at radius 1 is 1.12 bits per heavy atom. The number of halogens is 2. The van der Waals surface area contributed by atoms with Gasteiger partial charge in [0.25, 0.3) is 0 Å². The van der Waals surface area contributed by atoms with Gasteiger partial charge in [-0.3, -0.25) is 0 Å². The van der Waals surface area contributed by atoms with Crippen LogP contribution in [-0.2, 0) is 6.54 Å². The molecule has 0 heterocycles. The van der Waals surface area contributed by atoms with E-state index in [1.165, 1.54) is 33.5 Å². The fourth-order valence-corrected chi connectivity index (χ4v) is 2.36. The van der Waals surface area contributed by atoms with Crippen molar-refractivity contribution in [3.63, 3.8) is 0 Å². The van der Waals surface area contributed by atoms with Crippen molar-refractivity contribution in [2.24, 2.45) is 0 Å². The van der Waals surface area contributed by atoms with Crippen LogP contribution in [0, 0.1) is 5.82 Å². The van der Waals surface area contributed by atoms with Gasteiger partial charge in [-0.1, -0.05) is 17.7 Å². The zero-order valence-electron chi connectivity index (χ0n) is 14.0. The third kappa shape index (κ3) is 4.45. The van der Waals surface area contributed by atoms with E-state index in [0.29, 0.717) is 17.2 Å². The highest BCUT2D eigenvalue weighted by Gasteiger charge is 2.14. The highest BCUT2D eigenvalue weighted by atomic mass is 35.5. The van der Waals surface area contributed by atoms with Crippen LogP contribution in [-0.4, -0.2) is 27.4 Å². The summed E-state index contributed by atoms with van der Waals surface area (Å²) in [5.74, 6) is 0.714. The number of amides is 2. The first-order chi connectivity index (χ1) is 12.0. The predicted molar refractivity (Wildman–Crippen MR) is 93.4 cm³/mol. The third-order valence-corrected chi connectivity index (χ3v) is 3.67. The van der Waals surface area contributed by atoms with Crippen LogP contribution in [0.5, 0.6) is 17.2 Å². The second-order valence-corrected chi connectivity index (χ2v) is 5.35. The van der Waals surface area contributed by atoms with Crippen LogP contribution in [0.2, 0.25) is 5.02 Å². The van der Waals surface area contributed by atoms with Crippen molar-refractivity contribution in [1.82, 2.24) is 5.32 Å². The molecule has 0 atom stereocenters. The normalized spacial score (nSPS) is 10.1. The van der Waals surface area contributed by atoms with Crippen molar-refractivity contribution in [2.75, 3.05) is 26.6 Å². The molecule has 2 aromatic carbocycles. The zero-order chi connectivity index (χ0) is 18.4. The van der Waals surface area contributed by atoms with Gasteiger partial charge in [-0.15, -0.1) is 0 Å². The van der Waals surface area contributed by atoms with Gasteiger partial charge in [-0.05, 0) is 29.8 Å². The number of hydrogen-bond acceptors (Lipinski definition) is 4. The minimum absolute atomic E-state index is 0.00473. The fraction of sp³-hybridized carbons (Fsp3) is 0.235. The second kappa shape index (κ2) is 8.43. The Hall–Kier alpha value is -2.67. The molecule has 0 unspecified atom stereocenters. The lowest BCUT2D eigenvalue weighted by molar-refractivity contribution is 0.251. The van der Waals surface area contributed by atoms with Gasteiger partial charge >= 0.3 is 6.03 Å². The maximum atomic E-state index is 13.8. The standard InChI is InChI=1S/C17H18ClFN2O4/c1-23-13-7-10(8-14(24-2)16(13)25-3)9-20-17(22)21-12-6-4-5-11(18)15(12)19/h4-8H,9H2,1-3H3,(H2,20,21,22). The number of methoxy groups -OCH3 is 3. The summed E-state index contributed by atoms with van der Waals surface area (Å²) in [4.78, 5) is 12.0. The summed E-state index contributed by atoms with van der Waals surface area (Å²) >= 11 is 5.68. The van der Waals surface area contributed by atoms with Crippen molar-refractivity contribution < 1.29 is 23.4 Å². The Morgan fingerprint density at radius 3 is 2.32 bits per heavy atom. The lowest BCUT2D eigenvalue weighted by Gasteiger charge is -2.14. The summed E-state index contributed by atoms with van der Waals surface area (Å²) in [7, 11) is 4.51. The molecule has 8 heteroatoms. The number of hydrogen-bond donors (Lipinski definition) is 2. The van der Waals surface area contributed by atoms with E-state index >= 15 is 0 Å². The Kier molecular flexibility index (Phi) is 6.30. The van der Waals surface area contributed by atoms with Crippen molar-refractivity contribution in [1.29, 1.82) is 0 Å². The number of urea groups is 1. The van der Waals surface area contributed by atoms with Gasteiger partial charge in [-0.25, -0.2) is 9.18 Å². The number of carbonyl (C=O) groups excluding carboxylic acids is 1. The first-order valence-corrected chi connectivity index (χ1v) is 7.65. The lowest BCUT2D eigenvalue weighted by atomic mass is 10.2. The molecular formula is C17H18ClFN2O4. The van der Waals surface area contributed by atoms with E-state index in [0.717, 1.165) is 5.56 Å². The molecular weight excluding hydrogens is 351 g/mol. The summed E-state index contributed by atoms with van der Waals surface area (Å²) in [6.07, 6.45) is 0. The molecule has 0 bridgehead atoms. The maximum absolute atomic E-state index is 13.8. The molecule has 0 aliphatic rings. The molecule has 0 aliphatic carbocycles. The van der Waals surface area contributed by atoms with Gasteiger partial charge in [0.15, 0.2) is 17.3 Å². The van der Waals surface area contributed by atoms with E-state index in [1.54, 1.807) is 18.2 Å². The maximum Gasteiger partial charge on any atom is 0.319 e. The molecule has 2 rings (SSSR count). The summed E-state index contributed by atoms with van der Waals surface area (Å²) in [6.45, 7) is 0.171. The number of anilines is 1. The van der Waals surface area contributed by atoms with E-state index < -0.39 is 11.8 Å². The third-order valence-electron chi connectivity index (χ3n) is 3.38. The molecule has 25 heavy (non-hydrogen) atoms. The molecule has 2 N–H and O–H groups in total. The Labute approximate surface area is 149 Å².